The zero-order valence-electron chi connectivity index (χ0n) is 23.8. The van der Waals surface area contributed by atoms with Gasteiger partial charge in [0.25, 0.3) is 0 Å². The highest BCUT2D eigenvalue weighted by Gasteiger charge is 2.33. The minimum atomic E-state index is -4.56. The van der Waals surface area contributed by atoms with E-state index >= 15 is 0 Å². The second kappa shape index (κ2) is 14.6. The maximum Gasteiger partial charge on any atom is 0.416 e. The summed E-state index contributed by atoms with van der Waals surface area (Å²) in [7, 11) is 0. The van der Waals surface area contributed by atoms with Crippen molar-refractivity contribution in [1.29, 1.82) is 5.26 Å². The Morgan fingerprint density at radius 2 is 1.80 bits per heavy atom. The number of nitrogens with one attached hydrogen (secondary N) is 2. The maximum absolute atomic E-state index is 13.8. The average molecular weight is 623 g/mol. The molecule has 0 unspecified atom stereocenters. The Morgan fingerprint density at radius 3 is 2.45 bits per heavy atom. The molecule has 1 aromatic heterocycles. The molecule has 12 heteroatoms. The first-order valence-corrected chi connectivity index (χ1v) is 14.2. The zero-order chi connectivity index (χ0) is 31.7. The summed E-state index contributed by atoms with van der Waals surface area (Å²) in [5.74, 6) is -0.726. The molecule has 4 aromatic rings. The summed E-state index contributed by atoms with van der Waals surface area (Å²) in [6.07, 6.45) is -0.827. The number of carbonyl (C=O) groups excluding carboxylic acids is 1. The van der Waals surface area contributed by atoms with Gasteiger partial charge < -0.3 is 20.1 Å². The Bertz CT molecular complexity index is 1610. The molecule has 0 aliphatic rings. The van der Waals surface area contributed by atoms with Crippen LogP contribution in [0.5, 0.6) is 0 Å². The summed E-state index contributed by atoms with van der Waals surface area (Å²) in [4.78, 5) is 18.9. The van der Waals surface area contributed by atoms with Gasteiger partial charge in [-0.3, -0.25) is 4.79 Å². The number of amides is 1. The quantitative estimate of drug-likeness (QED) is 0.151. The first-order chi connectivity index (χ1) is 21.0. The van der Waals surface area contributed by atoms with Crippen LogP contribution in [-0.2, 0) is 30.5 Å². The van der Waals surface area contributed by atoms with E-state index in [9.17, 15) is 22.4 Å². The van der Waals surface area contributed by atoms with Crippen LogP contribution < -0.4 is 10.6 Å². The Kier molecular flexibility index (Phi) is 10.7. The minimum Gasteiger partial charge on any atom is -0.351 e. The van der Waals surface area contributed by atoms with Crippen molar-refractivity contribution >= 4 is 28.9 Å². The molecule has 4 rings (SSSR count). The van der Waals surface area contributed by atoms with Crippen molar-refractivity contribution in [3.8, 4) is 6.07 Å². The lowest BCUT2D eigenvalue weighted by Gasteiger charge is -2.31. The number of nitriles is 1. The Hall–Kier alpha value is -4.76. The van der Waals surface area contributed by atoms with Gasteiger partial charge in [-0.1, -0.05) is 37.3 Å². The fourth-order valence-corrected chi connectivity index (χ4v) is 4.86. The topological polar surface area (TPSA) is 86.0 Å². The minimum absolute atomic E-state index is 0.0242. The highest BCUT2D eigenvalue weighted by molar-refractivity contribution is 7.80. The summed E-state index contributed by atoms with van der Waals surface area (Å²) in [5, 5.41) is 15.1. The number of imidazole rings is 1. The first-order valence-electron chi connectivity index (χ1n) is 13.8. The molecule has 7 nitrogen and oxygen atoms in total. The van der Waals surface area contributed by atoms with Gasteiger partial charge in [0.2, 0.25) is 5.91 Å². The number of aromatic nitrogens is 2. The predicted molar refractivity (Wildman–Crippen MR) is 163 cm³/mol. The van der Waals surface area contributed by atoms with Gasteiger partial charge in [-0.25, -0.2) is 9.37 Å². The molecule has 0 spiro atoms. The van der Waals surface area contributed by atoms with Gasteiger partial charge in [-0.15, -0.1) is 0 Å². The van der Waals surface area contributed by atoms with Crippen molar-refractivity contribution in [3.63, 3.8) is 0 Å². The van der Waals surface area contributed by atoms with Crippen molar-refractivity contribution < 1.29 is 22.4 Å². The SMILES string of the molecule is CC[C@@H](CN(Cc1ccccc1C(F)(F)F)C(=S)Nc1ccc(F)cc1)NC(=O)Cc1cncn1Cc1ccc(C#N)cc1. The molecule has 0 aliphatic heterocycles. The molecule has 0 fully saturated rings. The number of thiocarbonyl (C=S) groups is 1. The number of nitrogens with zero attached hydrogens (tertiary/aromatic N) is 4. The Balaban J connectivity index is 1.48. The number of alkyl halides is 3. The van der Waals surface area contributed by atoms with Gasteiger partial charge in [0.1, 0.15) is 5.82 Å². The molecule has 0 radical (unpaired) electrons. The third-order valence-electron chi connectivity index (χ3n) is 6.94. The number of anilines is 1. The monoisotopic (exact) mass is 622 g/mol. The van der Waals surface area contributed by atoms with Gasteiger partial charge in [-0.2, -0.15) is 18.4 Å². The smallest absolute Gasteiger partial charge is 0.351 e. The highest BCUT2D eigenvalue weighted by atomic mass is 32.1. The van der Waals surface area contributed by atoms with E-state index in [1.54, 1.807) is 29.6 Å². The molecule has 0 saturated heterocycles. The molecule has 0 aliphatic carbocycles. The average Bonchev–Trinajstić information content (AvgIpc) is 3.43. The summed E-state index contributed by atoms with van der Waals surface area (Å²) in [5.41, 5.74) is 1.88. The van der Waals surface area contributed by atoms with E-state index in [1.807, 2.05) is 23.6 Å². The summed E-state index contributed by atoms with van der Waals surface area (Å²) in [6, 6.07) is 19.4. The van der Waals surface area contributed by atoms with Crippen LogP contribution in [0.1, 0.15) is 41.3 Å². The van der Waals surface area contributed by atoms with E-state index in [0.29, 0.717) is 29.9 Å². The van der Waals surface area contributed by atoms with Crippen molar-refractivity contribution in [1.82, 2.24) is 19.8 Å². The molecular weight excluding hydrogens is 592 g/mol. The number of rotatable bonds is 11. The fraction of sp³-hybridized carbons (Fsp3) is 0.250. The Labute approximate surface area is 258 Å². The molecule has 3 aromatic carbocycles. The van der Waals surface area contributed by atoms with E-state index in [2.05, 4.69) is 21.7 Å². The van der Waals surface area contributed by atoms with E-state index in [1.165, 1.54) is 42.5 Å². The second-order valence-corrected chi connectivity index (χ2v) is 10.5. The van der Waals surface area contributed by atoms with Crippen LogP contribution in [0.4, 0.5) is 23.2 Å². The standard InChI is InChI=1S/C32H30F4N6OS/c1-2-26(39-30(43)15-28-17-38-21-42(28)18-23-9-7-22(16-37)8-10-23)20-41(31(44)40-27-13-11-25(33)12-14-27)19-24-5-3-4-6-29(24)32(34,35)36/h3-14,17,21,26H,2,15,18-20H2,1H3,(H,39,43)(H,40,44)/t26-/m0/s1. The van der Waals surface area contributed by atoms with Gasteiger partial charge in [0, 0.05) is 43.3 Å². The summed E-state index contributed by atoms with van der Waals surface area (Å²) >= 11 is 5.59. The third kappa shape index (κ3) is 8.87. The van der Waals surface area contributed by atoms with Crippen LogP contribution in [0, 0.1) is 17.1 Å². The molecule has 1 atom stereocenters. The van der Waals surface area contributed by atoms with Crippen LogP contribution in [0.2, 0.25) is 0 Å². The first kappa shape index (κ1) is 32.2. The highest BCUT2D eigenvalue weighted by Crippen LogP contribution is 2.32. The molecule has 0 bridgehead atoms. The van der Waals surface area contributed by atoms with Crippen molar-refractivity contribution in [3.05, 3.63) is 119 Å². The molecule has 228 valence electrons. The van der Waals surface area contributed by atoms with Gasteiger partial charge in [0.05, 0.1) is 29.9 Å². The number of halogens is 4. The molecule has 1 amide bonds. The molecule has 2 N–H and O–H groups in total. The molecule has 44 heavy (non-hydrogen) atoms. The fourth-order valence-electron chi connectivity index (χ4n) is 4.60. The zero-order valence-corrected chi connectivity index (χ0v) is 24.6. The van der Waals surface area contributed by atoms with Crippen LogP contribution in [0.15, 0.2) is 85.3 Å². The lowest BCUT2D eigenvalue weighted by Crippen LogP contribution is -2.47. The number of benzene rings is 3. The maximum atomic E-state index is 13.8. The van der Waals surface area contributed by atoms with E-state index < -0.39 is 23.6 Å². The summed E-state index contributed by atoms with van der Waals surface area (Å²) in [6.45, 7) is 2.26. The van der Waals surface area contributed by atoms with Gasteiger partial charge >= 0.3 is 6.18 Å². The number of hydrogen-bond acceptors (Lipinski definition) is 4. The largest absolute Gasteiger partial charge is 0.416 e. The lowest BCUT2D eigenvalue weighted by atomic mass is 10.1. The molecular formula is C32H30F4N6OS. The van der Waals surface area contributed by atoms with Crippen molar-refractivity contribution in [2.75, 3.05) is 11.9 Å². The van der Waals surface area contributed by atoms with Crippen LogP contribution in [0.25, 0.3) is 0 Å². The number of carbonyl (C=O) groups is 1. The van der Waals surface area contributed by atoms with Gasteiger partial charge in [0.15, 0.2) is 5.11 Å². The van der Waals surface area contributed by atoms with Crippen molar-refractivity contribution in [2.24, 2.45) is 0 Å². The molecule has 0 saturated carbocycles. The van der Waals surface area contributed by atoms with Crippen molar-refractivity contribution in [2.45, 2.75) is 45.1 Å². The number of hydrogen-bond donors (Lipinski definition) is 2. The summed E-state index contributed by atoms with van der Waals surface area (Å²) < 4.78 is 56.6. The third-order valence-corrected chi connectivity index (χ3v) is 7.30. The normalized spacial score (nSPS) is 11.8. The predicted octanol–water partition coefficient (Wildman–Crippen LogP) is 6.30. The lowest BCUT2D eigenvalue weighted by molar-refractivity contribution is -0.138. The van der Waals surface area contributed by atoms with E-state index in [4.69, 9.17) is 17.5 Å². The van der Waals surface area contributed by atoms with E-state index in [-0.39, 0.29) is 36.1 Å². The van der Waals surface area contributed by atoms with Crippen LogP contribution in [0.3, 0.4) is 0 Å². The molecule has 1 heterocycles. The Morgan fingerprint density at radius 1 is 1.09 bits per heavy atom. The van der Waals surface area contributed by atoms with Crippen LogP contribution >= 0.6 is 12.2 Å². The van der Waals surface area contributed by atoms with Gasteiger partial charge in [-0.05, 0) is 72.2 Å². The van der Waals surface area contributed by atoms with E-state index in [0.717, 1.165) is 11.6 Å². The second-order valence-electron chi connectivity index (χ2n) is 10.1. The van der Waals surface area contributed by atoms with Crippen LogP contribution in [-0.4, -0.2) is 38.1 Å².